The molecule has 0 fully saturated rings. The highest BCUT2D eigenvalue weighted by Crippen LogP contribution is 2.14. The summed E-state index contributed by atoms with van der Waals surface area (Å²) in [4.78, 5) is 24.9. The molecule has 2 amide bonds. The molecule has 0 heterocycles. The predicted molar refractivity (Wildman–Crippen MR) is 92.2 cm³/mol. The highest BCUT2D eigenvalue weighted by atomic mass is 19.1. The minimum Gasteiger partial charge on any atom is -0.340 e. The van der Waals surface area contributed by atoms with E-state index >= 15 is 0 Å². The number of carbonyl (C=O) groups is 2. The van der Waals surface area contributed by atoms with Crippen molar-refractivity contribution in [3.8, 4) is 0 Å². The van der Waals surface area contributed by atoms with Crippen LogP contribution in [0.15, 0.2) is 54.6 Å². The maximum absolute atomic E-state index is 13.3. The predicted octanol–water partition coefficient (Wildman–Crippen LogP) is 3.61. The van der Waals surface area contributed by atoms with Gasteiger partial charge in [-0.3, -0.25) is 9.59 Å². The molecule has 2 atom stereocenters. The molecule has 2 aromatic carbocycles. The molecule has 126 valence electrons. The molecule has 0 saturated heterocycles. The monoisotopic (exact) mass is 328 g/mol. The summed E-state index contributed by atoms with van der Waals surface area (Å²) in [6, 6.07) is 13.7. The summed E-state index contributed by atoms with van der Waals surface area (Å²) in [7, 11) is 0. The molecule has 2 unspecified atom stereocenters. The largest absolute Gasteiger partial charge is 0.340 e. The van der Waals surface area contributed by atoms with Crippen LogP contribution < -0.4 is 10.6 Å². The Balaban J connectivity index is 2.12. The average Bonchev–Trinajstić information content (AvgIpc) is 2.59. The molecular formula is C19H21FN2O2. The molecule has 0 aliphatic rings. The molecule has 0 saturated carbocycles. The van der Waals surface area contributed by atoms with Crippen molar-refractivity contribution in [2.45, 2.75) is 26.3 Å². The van der Waals surface area contributed by atoms with E-state index in [1.165, 1.54) is 18.2 Å². The van der Waals surface area contributed by atoms with Crippen LogP contribution in [0.25, 0.3) is 0 Å². The summed E-state index contributed by atoms with van der Waals surface area (Å²) >= 11 is 0. The van der Waals surface area contributed by atoms with Crippen LogP contribution in [0.1, 0.15) is 30.6 Å². The first-order valence-corrected chi connectivity index (χ1v) is 7.93. The van der Waals surface area contributed by atoms with Gasteiger partial charge >= 0.3 is 0 Å². The number of anilines is 1. The second-order valence-electron chi connectivity index (χ2n) is 5.70. The van der Waals surface area contributed by atoms with Crippen LogP contribution in [0.5, 0.6) is 0 Å². The van der Waals surface area contributed by atoms with Crippen LogP contribution in [-0.4, -0.2) is 17.9 Å². The molecule has 4 nitrogen and oxygen atoms in total. The Hall–Kier alpha value is -2.69. The van der Waals surface area contributed by atoms with E-state index in [0.29, 0.717) is 11.3 Å². The normalized spacial score (nSPS) is 13.0. The van der Waals surface area contributed by atoms with Crippen LogP contribution in [0, 0.1) is 11.7 Å². The summed E-state index contributed by atoms with van der Waals surface area (Å²) < 4.78 is 13.3. The van der Waals surface area contributed by atoms with Gasteiger partial charge in [0.15, 0.2) is 0 Å². The molecule has 24 heavy (non-hydrogen) atoms. The first kappa shape index (κ1) is 17.7. The molecule has 0 aliphatic carbocycles. The Labute approximate surface area is 141 Å². The van der Waals surface area contributed by atoms with Crippen molar-refractivity contribution in [2.24, 2.45) is 5.92 Å². The minimum absolute atomic E-state index is 0.0637. The molecule has 2 aromatic rings. The van der Waals surface area contributed by atoms with Gasteiger partial charge in [0.2, 0.25) is 5.91 Å². The van der Waals surface area contributed by atoms with Gasteiger partial charge in [-0.15, -0.1) is 0 Å². The van der Waals surface area contributed by atoms with E-state index in [-0.39, 0.29) is 17.7 Å². The lowest BCUT2D eigenvalue weighted by Crippen LogP contribution is -2.47. The topological polar surface area (TPSA) is 58.2 Å². The van der Waals surface area contributed by atoms with Gasteiger partial charge in [0.1, 0.15) is 11.9 Å². The molecular weight excluding hydrogens is 307 g/mol. The standard InChI is InChI=1S/C19H21FN2O2/c1-3-13(2)17(22-18(23)14-8-5-4-6-9-14)19(24)21-16-11-7-10-15(20)12-16/h4-13,17H,3H2,1-2H3,(H,21,24)(H,22,23). The van der Waals surface area contributed by atoms with E-state index in [2.05, 4.69) is 10.6 Å². The summed E-state index contributed by atoms with van der Waals surface area (Å²) in [5.41, 5.74) is 0.853. The summed E-state index contributed by atoms with van der Waals surface area (Å²) in [6.45, 7) is 3.84. The van der Waals surface area contributed by atoms with E-state index in [1.54, 1.807) is 30.3 Å². The van der Waals surface area contributed by atoms with Crippen molar-refractivity contribution in [1.82, 2.24) is 5.32 Å². The van der Waals surface area contributed by atoms with Gasteiger partial charge in [0.05, 0.1) is 0 Å². The summed E-state index contributed by atoms with van der Waals surface area (Å²) in [5, 5.41) is 5.44. The maximum Gasteiger partial charge on any atom is 0.251 e. The van der Waals surface area contributed by atoms with Gasteiger partial charge in [0.25, 0.3) is 5.91 Å². The number of amides is 2. The van der Waals surface area contributed by atoms with Crippen LogP contribution >= 0.6 is 0 Å². The third-order valence-electron chi connectivity index (χ3n) is 3.91. The van der Waals surface area contributed by atoms with E-state index in [4.69, 9.17) is 0 Å². The van der Waals surface area contributed by atoms with E-state index in [1.807, 2.05) is 19.9 Å². The van der Waals surface area contributed by atoms with Gasteiger partial charge in [-0.05, 0) is 36.2 Å². The van der Waals surface area contributed by atoms with Crippen LogP contribution in [0.4, 0.5) is 10.1 Å². The second kappa shape index (κ2) is 8.24. The quantitative estimate of drug-likeness (QED) is 0.851. The Morgan fingerprint density at radius 1 is 1.08 bits per heavy atom. The van der Waals surface area contributed by atoms with E-state index in [9.17, 15) is 14.0 Å². The zero-order valence-electron chi connectivity index (χ0n) is 13.8. The highest BCUT2D eigenvalue weighted by Gasteiger charge is 2.26. The lowest BCUT2D eigenvalue weighted by atomic mass is 9.97. The lowest BCUT2D eigenvalue weighted by Gasteiger charge is -2.23. The van der Waals surface area contributed by atoms with Crippen LogP contribution in [0.3, 0.4) is 0 Å². The first-order valence-electron chi connectivity index (χ1n) is 7.93. The summed E-state index contributed by atoms with van der Waals surface area (Å²) in [5.74, 6) is -1.16. The van der Waals surface area contributed by atoms with Crippen molar-refractivity contribution in [3.63, 3.8) is 0 Å². The fraction of sp³-hybridized carbons (Fsp3) is 0.263. The van der Waals surface area contributed by atoms with E-state index in [0.717, 1.165) is 6.42 Å². The summed E-state index contributed by atoms with van der Waals surface area (Å²) in [6.07, 6.45) is 0.719. The van der Waals surface area contributed by atoms with E-state index < -0.39 is 11.9 Å². The SMILES string of the molecule is CCC(C)C(NC(=O)c1ccccc1)C(=O)Nc1cccc(F)c1. The third kappa shape index (κ3) is 4.65. The van der Waals surface area contributed by atoms with Gasteiger partial charge in [-0.25, -0.2) is 4.39 Å². The molecule has 2 N–H and O–H groups in total. The van der Waals surface area contributed by atoms with Crippen molar-refractivity contribution in [3.05, 3.63) is 66.0 Å². The number of hydrogen-bond donors (Lipinski definition) is 2. The second-order valence-corrected chi connectivity index (χ2v) is 5.70. The van der Waals surface area contributed by atoms with Crippen molar-refractivity contribution in [1.29, 1.82) is 0 Å². The number of halogens is 1. The number of benzene rings is 2. The molecule has 5 heteroatoms. The fourth-order valence-electron chi connectivity index (χ4n) is 2.30. The molecule has 0 spiro atoms. The van der Waals surface area contributed by atoms with Gasteiger partial charge in [0, 0.05) is 11.3 Å². The molecule has 0 radical (unpaired) electrons. The van der Waals surface area contributed by atoms with Crippen LogP contribution in [0.2, 0.25) is 0 Å². The van der Waals surface area contributed by atoms with Gasteiger partial charge in [-0.2, -0.15) is 0 Å². The van der Waals surface area contributed by atoms with Crippen LogP contribution in [-0.2, 0) is 4.79 Å². The Bertz CT molecular complexity index is 704. The Morgan fingerprint density at radius 2 is 1.79 bits per heavy atom. The number of rotatable bonds is 6. The zero-order chi connectivity index (χ0) is 17.5. The molecule has 0 aromatic heterocycles. The van der Waals surface area contributed by atoms with Crippen molar-refractivity contribution >= 4 is 17.5 Å². The number of nitrogens with one attached hydrogen (secondary N) is 2. The van der Waals surface area contributed by atoms with Crippen molar-refractivity contribution < 1.29 is 14.0 Å². The zero-order valence-corrected chi connectivity index (χ0v) is 13.8. The number of hydrogen-bond acceptors (Lipinski definition) is 2. The van der Waals surface area contributed by atoms with Gasteiger partial charge < -0.3 is 10.6 Å². The molecule has 0 bridgehead atoms. The number of carbonyl (C=O) groups excluding carboxylic acids is 2. The third-order valence-corrected chi connectivity index (χ3v) is 3.91. The lowest BCUT2D eigenvalue weighted by molar-refractivity contribution is -0.119. The minimum atomic E-state index is -0.703. The van der Waals surface area contributed by atoms with Gasteiger partial charge in [-0.1, -0.05) is 44.5 Å². The smallest absolute Gasteiger partial charge is 0.251 e. The molecule has 2 rings (SSSR count). The first-order chi connectivity index (χ1) is 11.5. The molecule has 0 aliphatic heterocycles. The highest BCUT2D eigenvalue weighted by molar-refractivity contribution is 6.01. The van der Waals surface area contributed by atoms with Crippen molar-refractivity contribution in [2.75, 3.05) is 5.32 Å². The average molecular weight is 328 g/mol. The maximum atomic E-state index is 13.3. The Morgan fingerprint density at radius 3 is 2.42 bits per heavy atom. The Kier molecular flexibility index (Phi) is 6.07. The fourth-order valence-corrected chi connectivity index (χ4v) is 2.30.